The number of hydrogen-bond acceptors (Lipinski definition) is 6. The minimum absolute atomic E-state index is 0.0193. The molecular formula is C20H21ClF4N4O4. The highest BCUT2D eigenvalue weighted by Gasteiger charge is 2.40. The summed E-state index contributed by atoms with van der Waals surface area (Å²) in [5.41, 5.74) is -2.88. The number of aliphatic hydroxyl groups excluding tert-OH is 3. The average molecular weight is 493 g/mol. The molecule has 2 atom stereocenters. The summed E-state index contributed by atoms with van der Waals surface area (Å²) in [6.07, 6.45) is -5.98. The lowest BCUT2D eigenvalue weighted by atomic mass is 9.89. The predicted molar refractivity (Wildman–Crippen MR) is 109 cm³/mol. The van der Waals surface area contributed by atoms with Crippen LogP contribution in [-0.2, 0) is 11.8 Å². The van der Waals surface area contributed by atoms with Crippen LogP contribution in [0.25, 0.3) is 0 Å². The van der Waals surface area contributed by atoms with Gasteiger partial charge in [0.05, 0.1) is 22.9 Å². The molecule has 0 aliphatic carbocycles. The zero-order valence-electron chi connectivity index (χ0n) is 17.1. The van der Waals surface area contributed by atoms with Gasteiger partial charge in [0.1, 0.15) is 18.0 Å². The van der Waals surface area contributed by atoms with Crippen LogP contribution in [0.5, 0.6) is 0 Å². The molecule has 1 fully saturated rings. The first-order chi connectivity index (χ1) is 15.4. The van der Waals surface area contributed by atoms with E-state index in [2.05, 4.69) is 15.3 Å². The molecular weight excluding hydrogens is 472 g/mol. The molecule has 1 aliphatic rings. The van der Waals surface area contributed by atoms with Crippen LogP contribution in [0.1, 0.15) is 35.8 Å². The summed E-state index contributed by atoms with van der Waals surface area (Å²) < 4.78 is 53.4. The number of carbonyl (C=O) groups is 1. The van der Waals surface area contributed by atoms with Crippen molar-refractivity contribution in [1.82, 2.24) is 14.9 Å². The van der Waals surface area contributed by atoms with Gasteiger partial charge in [-0.05, 0) is 18.2 Å². The van der Waals surface area contributed by atoms with Crippen LogP contribution in [-0.4, -0.2) is 62.0 Å². The van der Waals surface area contributed by atoms with Crippen LogP contribution in [0.4, 0.5) is 28.2 Å². The van der Waals surface area contributed by atoms with Gasteiger partial charge >= 0.3 is 12.2 Å². The molecule has 33 heavy (non-hydrogen) atoms. The number of nitrogens with one attached hydrogen (secondary N) is 1. The molecule has 3 rings (SSSR count). The fourth-order valence-corrected chi connectivity index (χ4v) is 3.74. The Morgan fingerprint density at radius 3 is 2.39 bits per heavy atom. The van der Waals surface area contributed by atoms with Crippen molar-refractivity contribution >= 4 is 23.4 Å². The van der Waals surface area contributed by atoms with Gasteiger partial charge in [0.2, 0.25) is 0 Å². The first-order valence-electron chi connectivity index (χ1n) is 9.85. The highest BCUT2D eigenvalue weighted by Crippen LogP contribution is 2.40. The maximum atomic E-state index is 15.6. The maximum Gasteiger partial charge on any atom is 0.417 e. The number of alkyl halides is 4. The summed E-state index contributed by atoms with van der Waals surface area (Å²) in [5.74, 6) is -0.0750. The second-order valence-electron chi connectivity index (χ2n) is 7.61. The first kappa shape index (κ1) is 25.1. The highest BCUT2D eigenvalue weighted by atomic mass is 35.5. The highest BCUT2D eigenvalue weighted by molar-refractivity contribution is 6.31. The summed E-state index contributed by atoms with van der Waals surface area (Å²) >= 11 is 6.16. The molecule has 0 spiro atoms. The molecule has 2 aromatic heterocycles. The Balaban J connectivity index is 1.63. The lowest BCUT2D eigenvalue weighted by Crippen LogP contribution is -2.45. The molecule has 180 valence electrons. The number of carbonyl (C=O) groups excluding carboxylic acids is 1. The van der Waals surface area contributed by atoms with Gasteiger partial charge in [-0.1, -0.05) is 11.6 Å². The van der Waals surface area contributed by atoms with Crippen molar-refractivity contribution in [1.29, 1.82) is 0 Å². The number of anilines is 1. The zero-order valence-corrected chi connectivity index (χ0v) is 17.8. The number of halogens is 5. The number of aromatic nitrogens is 2. The van der Waals surface area contributed by atoms with Gasteiger partial charge in [-0.3, -0.25) is 10.3 Å². The van der Waals surface area contributed by atoms with Crippen molar-refractivity contribution in [2.75, 3.05) is 25.0 Å². The van der Waals surface area contributed by atoms with E-state index in [0.717, 1.165) is 18.3 Å². The number of likely N-dealkylation sites (tertiary alicyclic amines) is 1. The molecule has 0 bridgehead atoms. The second kappa shape index (κ2) is 9.75. The van der Waals surface area contributed by atoms with Crippen LogP contribution in [0.3, 0.4) is 0 Å². The van der Waals surface area contributed by atoms with Crippen molar-refractivity contribution < 1.29 is 37.7 Å². The SMILES string of the molecule is O=C(Nc1ccc(C(F)(F)F)cn1)N1CCC(F)(c2ncc([C@H](O)[C@H](O)CO)cc2Cl)CC1. The largest absolute Gasteiger partial charge is 0.417 e. The molecule has 2 amide bonds. The van der Waals surface area contributed by atoms with Crippen molar-refractivity contribution in [2.24, 2.45) is 0 Å². The van der Waals surface area contributed by atoms with E-state index in [1.165, 1.54) is 11.0 Å². The molecule has 0 aromatic carbocycles. The number of piperidine rings is 1. The normalized spacial score (nSPS) is 18.0. The quantitative estimate of drug-likeness (QED) is 0.476. The molecule has 13 heteroatoms. The van der Waals surface area contributed by atoms with E-state index < -0.39 is 42.3 Å². The van der Waals surface area contributed by atoms with Gasteiger partial charge in [0.15, 0.2) is 5.67 Å². The predicted octanol–water partition coefficient (Wildman–Crippen LogP) is 3.03. The topological polar surface area (TPSA) is 119 Å². The standard InChI is InChI=1S/C20H21ClF4N4O4/c21-13-7-11(16(32)14(31)10-30)8-27-17(13)19(22)3-5-29(6-4-19)18(33)28-15-2-1-12(9-26-15)20(23,24)25/h1-2,7-9,14,16,30-32H,3-6,10H2,(H,26,28,33)/t14-,16+/m1/s1. The summed E-state index contributed by atoms with van der Waals surface area (Å²) in [6.45, 7) is -0.726. The number of nitrogens with zero attached hydrogens (tertiary/aromatic N) is 3. The van der Waals surface area contributed by atoms with Gasteiger partial charge in [0, 0.05) is 43.9 Å². The Bertz CT molecular complexity index is 985. The van der Waals surface area contributed by atoms with Crippen molar-refractivity contribution in [3.63, 3.8) is 0 Å². The lowest BCUT2D eigenvalue weighted by Gasteiger charge is -2.36. The number of urea groups is 1. The third-order valence-corrected chi connectivity index (χ3v) is 5.64. The van der Waals surface area contributed by atoms with Crippen LogP contribution in [0.2, 0.25) is 5.02 Å². The minimum atomic E-state index is -4.54. The third kappa shape index (κ3) is 5.69. The minimum Gasteiger partial charge on any atom is -0.394 e. The van der Waals surface area contributed by atoms with E-state index in [-0.39, 0.29) is 48.0 Å². The van der Waals surface area contributed by atoms with Crippen molar-refractivity contribution in [3.8, 4) is 0 Å². The Hall–Kier alpha value is -2.54. The van der Waals surface area contributed by atoms with E-state index in [1.54, 1.807) is 0 Å². The molecule has 3 heterocycles. The fourth-order valence-electron chi connectivity index (χ4n) is 3.39. The smallest absolute Gasteiger partial charge is 0.394 e. The number of pyridine rings is 2. The maximum absolute atomic E-state index is 15.6. The van der Waals surface area contributed by atoms with Gasteiger partial charge < -0.3 is 20.2 Å². The Labute approximate surface area is 190 Å². The number of hydrogen-bond donors (Lipinski definition) is 4. The van der Waals surface area contributed by atoms with Gasteiger partial charge in [-0.2, -0.15) is 13.2 Å². The van der Waals surface area contributed by atoms with E-state index in [1.807, 2.05) is 0 Å². The van der Waals surface area contributed by atoms with Crippen LogP contribution in [0.15, 0.2) is 30.6 Å². The van der Waals surface area contributed by atoms with Gasteiger partial charge in [-0.15, -0.1) is 0 Å². The Morgan fingerprint density at radius 1 is 1.21 bits per heavy atom. The van der Waals surface area contributed by atoms with E-state index in [9.17, 15) is 28.2 Å². The molecule has 0 unspecified atom stereocenters. The van der Waals surface area contributed by atoms with E-state index in [0.29, 0.717) is 6.20 Å². The molecule has 0 radical (unpaired) electrons. The molecule has 4 N–H and O–H groups in total. The third-order valence-electron chi connectivity index (χ3n) is 5.35. The van der Waals surface area contributed by atoms with Gasteiger partial charge in [-0.25, -0.2) is 14.2 Å². The summed E-state index contributed by atoms with van der Waals surface area (Å²) in [6, 6.07) is 2.43. The van der Waals surface area contributed by atoms with E-state index in [4.69, 9.17) is 16.7 Å². The zero-order chi connectivity index (χ0) is 24.4. The molecule has 8 nitrogen and oxygen atoms in total. The van der Waals surface area contributed by atoms with Crippen molar-refractivity contribution in [3.05, 3.63) is 52.4 Å². The van der Waals surface area contributed by atoms with Gasteiger partial charge in [0.25, 0.3) is 0 Å². The monoisotopic (exact) mass is 492 g/mol. The summed E-state index contributed by atoms with van der Waals surface area (Å²) in [7, 11) is 0. The first-order valence-corrected chi connectivity index (χ1v) is 10.2. The molecule has 1 aliphatic heterocycles. The number of aliphatic hydroxyl groups is 3. The summed E-state index contributed by atoms with van der Waals surface area (Å²) in [4.78, 5) is 21.3. The van der Waals surface area contributed by atoms with Crippen LogP contribution >= 0.6 is 11.6 Å². The van der Waals surface area contributed by atoms with E-state index >= 15 is 4.39 Å². The van der Waals surface area contributed by atoms with Crippen LogP contribution < -0.4 is 5.32 Å². The number of rotatable bonds is 5. The lowest BCUT2D eigenvalue weighted by molar-refractivity contribution is -0.137. The molecule has 1 saturated heterocycles. The molecule has 0 saturated carbocycles. The fraction of sp³-hybridized carbons (Fsp3) is 0.450. The summed E-state index contributed by atoms with van der Waals surface area (Å²) in [5, 5.41) is 30.7. The number of amides is 2. The Morgan fingerprint density at radius 2 is 1.88 bits per heavy atom. The Kier molecular flexibility index (Phi) is 7.42. The van der Waals surface area contributed by atoms with Crippen molar-refractivity contribution in [2.45, 2.75) is 36.9 Å². The van der Waals surface area contributed by atoms with Crippen LogP contribution in [0, 0.1) is 0 Å². The second-order valence-corrected chi connectivity index (χ2v) is 8.01. The molecule has 2 aromatic rings. The average Bonchev–Trinajstić information content (AvgIpc) is 2.78.